The van der Waals surface area contributed by atoms with Crippen LogP contribution in [0.5, 0.6) is 11.5 Å². The van der Waals surface area contributed by atoms with Crippen molar-refractivity contribution in [1.82, 2.24) is 0 Å². The Labute approximate surface area is 92.9 Å². The zero-order chi connectivity index (χ0) is 11.4. The van der Waals surface area contributed by atoms with Crippen LogP contribution in [0.4, 0.5) is 5.69 Å². The van der Waals surface area contributed by atoms with E-state index >= 15 is 0 Å². The zero-order valence-electron chi connectivity index (χ0n) is 8.45. The number of para-hydroxylation sites is 1. The summed E-state index contributed by atoms with van der Waals surface area (Å²) < 4.78 is 5.53. The van der Waals surface area contributed by atoms with Gasteiger partial charge in [-0.15, -0.1) is 5.23 Å². The second-order valence-electron chi connectivity index (χ2n) is 3.20. The number of benzene rings is 2. The number of ether oxygens (including phenoxy) is 1. The predicted octanol–water partition coefficient (Wildman–Crippen LogP) is 3.06. The first-order valence-electron chi connectivity index (χ1n) is 4.76. The van der Waals surface area contributed by atoms with Crippen LogP contribution >= 0.6 is 0 Å². The smallest absolute Gasteiger partial charge is 0.127 e. The fraction of sp³-hybridized carbons (Fsp3) is 0. The molecule has 0 saturated heterocycles. The second-order valence-corrected chi connectivity index (χ2v) is 3.20. The van der Waals surface area contributed by atoms with E-state index in [2.05, 4.69) is 0 Å². The first kappa shape index (κ1) is 10.5. The van der Waals surface area contributed by atoms with Crippen LogP contribution in [0.2, 0.25) is 0 Å². The Balaban J connectivity index is 2.11. The van der Waals surface area contributed by atoms with Crippen molar-refractivity contribution in [3.05, 3.63) is 54.6 Å². The minimum atomic E-state index is 0.0618. The molecule has 0 fully saturated rings. The van der Waals surface area contributed by atoms with E-state index in [1.54, 1.807) is 12.1 Å². The van der Waals surface area contributed by atoms with Crippen molar-refractivity contribution in [3.8, 4) is 11.5 Å². The van der Waals surface area contributed by atoms with E-state index in [-0.39, 0.29) is 10.9 Å². The molecular formula is C12H11NO3. The Morgan fingerprint density at radius 3 is 1.88 bits per heavy atom. The van der Waals surface area contributed by atoms with Gasteiger partial charge in [-0.1, -0.05) is 18.2 Å². The fourth-order valence-corrected chi connectivity index (χ4v) is 1.27. The van der Waals surface area contributed by atoms with E-state index < -0.39 is 0 Å². The van der Waals surface area contributed by atoms with Crippen molar-refractivity contribution in [2.75, 3.05) is 5.23 Å². The lowest BCUT2D eigenvalue weighted by atomic mass is 10.3. The van der Waals surface area contributed by atoms with Crippen molar-refractivity contribution < 1.29 is 15.2 Å². The summed E-state index contributed by atoms with van der Waals surface area (Å²) in [6.45, 7) is 0. The molecule has 2 N–H and O–H groups in total. The van der Waals surface area contributed by atoms with Crippen molar-refractivity contribution in [2.24, 2.45) is 0 Å². The zero-order valence-corrected chi connectivity index (χ0v) is 8.45. The van der Waals surface area contributed by atoms with E-state index in [0.29, 0.717) is 5.75 Å². The summed E-state index contributed by atoms with van der Waals surface area (Å²) in [6, 6.07) is 15.8. The molecule has 0 aromatic heterocycles. The fourth-order valence-electron chi connectivity index (χ4n) is 1.27. The molecule has 0 aliphatic heterocycles. The molecule has 0 atom stereocenters. The van der Waals surface area contributed by atoms with E-state index in [9.17, 15) is 0 Å². The molecular weight excluding hydrogens is 206 g/mol. The number of hydrogen-bond donors (Lipinski definition) is 2. The summed E-state index contributed by atoms with van der Waals surface area (Å²) in [7, 11) is 0. The van der Waals surface area contributed by atoms with Crippen molar-refractivity contribution >= 4 is 5.69 Å². The van der Waals surface area contributed by atoms with Gasteiger partial charge in [-0.05, 0) is 36.4 Å². The van der Waals surface area contributed by atoms with Crippen LogP contribution in [0.15, 0.2) is 54.6 Å². The molecule has 0 aliphatic rings. The monoisotopic (exact) mass is 217 g/mol. The van der Waals surface area contributed by atoms with Gasteiger partial charge in [-0.2, -0.15) is 0 Å². The number of rotatable bonds is 3. The Morgan fingerprint density at radius 2 is 1.31 bits per heavy atom. The molecule has 4 heteroatoms. The van der Waals surface area contributed by atoms with E-state index in [4.69, 9.17) is 15.2 Å². The molecule has 0 amide bonds. The highest BCUT2D eigenvalue weighted by molar-refractivity contribution is 5.45. The average Bonchev–Trinajstić information content (AvgIpc) is 2.31. The summed E-state index contributed by atoms with van der Waals surface area (Å²) >= 11 is 0. The molecule has 0 spiro atoms. The maximum Gasteiger partial charge on any atom is 0.127 e. The molecule has 0 heterocycles. The van der Waals surface area contributed by atoms with Crippen LogP contribution < -0.4 is 9.96 Å². The molecule has 2 rings (SSSR count). The van der Waals surface area contributed by atoms with Crippen LogP contribution in [-0.4, -0.2) is 10.4 Å². The van der Waals surface area contributed by atoms with E-state index in [1.165, 1.54) is 12.1 Å². The third-order valence-corrected chi connectivity index (χ3v) is 2.05. The van der Waals surface area contributed by atoms with Gasteiger partial charge in [0.1, 0.15) is 11.5 Å². The first-order chi connectivity index (χ1) is 7.75. The van der Waals surface area contributed by atoms with Gasteiger partial charge in [0.05, 0.1) is 5.69 Å². The van der Waals surface area contributed by atoms with Crippen LogP contribution in [0.3, 0.4) is 0 Å². The SMILES string of the molecule is ON(O)c1ccc(Oc2ccccc2)cc1. The van der Waals surface area contributed by atoms with Gasteiger partial charge < -0.3 is 4.74 Å². The summed E-state index contributed by atoms with van der Waals surface area (Å²) in [5.74, 6) is 1.37. The number of nitrogens with zero attached hydrogens (tertiary/aromatic N) is 1. The highest BCUT2D eigenvalue weighted by Crippen LogP contribution is 2.23. The number of anilines is 1. The number of hydrogen-bond acceptors (Lipinski definition) is 4. The van der Waals surface area contributed by atoms with Crippen molar-refractivity contribution in [2.45, 2.75) is 0 Å². The minimum Gasteiger partial charge on any atom is -0.457 e. The van der Waals surface area contributed by atoms with Crippen LogP contribution in [0.1, 0.15) is 0 Å². The van der Waals surface area contributed by atoms with Gasteiger partial charge in [-0.3, -0.25) is 10.4 Å². The van der Waals surface area contributed by atoms with Crippen LogP contribution in [0, 0.1) is 0 Å². The Kier molecular flexibility index (Phi) is 3.05. The molecule has 0 bridgehead atoms. The molecule has 0 radical (unpaired) electrons. The van der Waals surface area contributed by atoms with Gasteiger partial charge in [0.15, 0.2) is 0 Å². The summed E-state index contributed by atoms with van der Waals surface area (Å²) in [5.41, 5.74) is 0.278. The van der Waals surface area contributed by atoms with Crippen molar-refractivity contribution in [3.63, 3.8) is 0 Å². The van der Waals surface area contributed by atoms with Crippen LogP contribution in [-0.2, 0) is 0 Å². The third-order valence-electron chi connectivity index (χ3n) is 2.05. The molecule has 82 valence electrons. The highest BCUT2D eigenvalue weighted by atomic mass is 16.8. The summed E-state index contributed by atoms with van der Waals surface area (Å²) in [4.78, 5) is 0. The molecule has 2 aromatic carbocycles. The topological polar surface area (TPSA) is 52.9 Å². The normalized spacial score (nSPS) is 9.88. The van der Waals surface area contributed by atoms with Gasteiger partial charge in [0.2, 0.25) is 0 Å². The second kappa shape index (κ2) is 4.65. The third kappa shape index (κ3) is 2.50. The highest BCUT2D eigenvalue weighted by Gasteiger charge is 2.00. The lowest BCUT2D eigenvalue weighted by Gasteiger charge is -2.09. The lowest BCUT2D eigenvalue weighted by molar-refractivity contribution is 0.0291. The van der Waals surface area contributed by atoms with E-state index in [0.717, 1.165) is 5.75 Å². The molecule has 4 nitrogen and oxygen atoms in total. The summed E-state index contributed by atoms with van der Waals surface area (Å²) in [6.07, 6.45) is 0. The molecule has 0 saturated carbocycles. The maximum atomic E-state index is 8.75. The lowest BCUT2D eigenvalue weighted by Crippen LogP contribution is -2.10. The van der Waals surface area contributed by atoms with Crippen molar-refractivity contribution in [1.29, 1.82) is 0 Å². The minimum absolute atomic E-state index is 0.0618. The molecule has 2 aromatic rings. The van der Waals surface area contributed by atoms with Gasteiger partial charge >= 0.3 is 0 Å². The molecule has 16 heavy (non-hydrogen) atoms. The van der Waals surface area contributed by atoms with Gasteiger partial charge in [0, 0.05) is 0 Å². The molecule has 0 aliphatic carbocycles. The van der Waals surface area contributed by atoms with Gasteiger partial charge in [-0.25, -0.2) is 0 Å². The van der Waals surface area contributed by atoms with Gasteiger partial charge in [0.25, 0.3) is 0 Å². The summed E-state index contributed by atoms with van der Waals surface area (Å²) in [5, 5.41) is 17.6. The van der Waals surface area contributed by atoms with E-state index in [1.807, 2.05) is 30.3 Å². The quantitative estimate of drug-likeness (QED) is 0.776. The predicted molar refractivity (Wildman–Crippen MR) is 59.0 cm³/mol. The Morgan fingerprint density at radius 1 is 0.750 bits per heavy atom. The Hall–Kier alpha value is -2.04. The maximum absolute atomic E-state index is 8.75. The molecule has 0 unspecified atom stereocenters. The first-order valence-corrected chi connectivity index (χ1v) is 4.76. The standard InChI is InChI=1S/C12H11NO3/c14-13(15)10-6-8-12(9-7-10)16-11-4-2-1-3-5-11/h1-9,14-15H. The largest absolute Gasteiger partial charge is 0.457 e. The van der Waals surface area contributed by atoms with Crippen LogP contribution in [0.25, 0.3) is 0 Å². The average molecular weight is 217 g/mol. The Bertz CT molecular complexity index is 440.